The Labute approximate surface area is 95.5 Å². The minimum Gasteiger partial charge on any atom is -0.326 e. The van der Waals surface area contributed by atoms with E-state index in [0.29, 0.717) is 5.92 Å². The number of pyridine rings is 1. The van der Waals surface area contributed by atoms with Crippen molar-refractivity contribution >= 4 is 11.6 Å². The first-order valence-corrected chi connectivity index (χ1v) is 5.61. The molecular weight excluding hydrogens is 202 g/mol. The van der Waals surface area contributed by atoms with Crippen LogP contribution in [-0.4, -0.2) is 24.0 Å². The van der Waals surface area contributed by atoms with Gasteiger partial charge in [0.05, 0.1) is 0 Å². The second kappa shape index (κ2) is 4.61. The van der Waals surface area contributed by atoms with E-state index < -0.39 is 0 Å². The van der Waals surface area contributed by atoms with Gasteiger partial charge in [0.1, 0.15) is 0 Å². The van der Waals surface area contributed by atoms with Gasteiger partial charge in [0.25, 0.3) is 0 Å². The Balaban J connectivity index is 1.96. The lowest BCUT2D eigenvalue weighted by Gasteiger charge is -2.31. The van der Waals surface area contributed by atoms with Crippen LogP contribution < -0.4 is 10.6 Å². The Morgan fingerprint density at radius 2 is 2.38 bits per heavy atom. The van der Waals surface area contributed by atoms with Gasteiger partial charge < -0.3 is 10.6 Å². The number of carbonyl (C=O) groups excluding carboxylic acids is 1. The lowest BCUT2D eigenvalue weighted by atomic mass is 9.88. The zero-order valence-corrected chi connectivity index (χ0v) is 9.66. The molecule has 1 atom stereocenters. The molecule has 1 amide bonds. The van der Waals surface area contributed by atoms with Crippen molar-refractivity contribution in [1.29, 1.82) is 0 Å². The van der Waals surface area contributed by atoms with Crippen molar-refractivity contribution in [3.05, 3.63) is 24.0 Å². The highest BCUT2D eigenvalue weighted by Crippen LogP contribution is 2.18. The first kappa shape index (κ1) is 11.1. The van der Waals surface area contributed by atoms with Gasteiger partial charge in [0.15, 0.2) is 0 Å². The second-order valence-corrected chi connectivity index (χ2v) is 4.38. The van der Waals surface area contributed by atoms with Crippen LogP contribution in [0.15, 0.2) is 18.3 Å². The van der Waals surface area contributed by atoms with Crippen LogP contribution >= 0.6 is 0 Å². The topological polar surface area (TPSA) is 54.0 Å². The normalized spacial score (nSPS) is 17.6. The predicted molar refractivity (Wildman–Crippen MR) is 63.1 cm³/mol. The number of carbonyl (C=O) groups is 1. The third kappa shape index (κ3) is 2.39. The van der Waals surface area contributed by atoms with Crippen LogP contribution in [0.25, 0.3) is 0 Å². The lowest BCUT2D eigenvalue weighted by Crippen LogP contribution is -2.48. The Bertz CT molecular complexity index is 388. The van der Waals surface area contributed by atoms with E-state index in [1.165, 1.54) is 0 Å². The number of hydrogen-bond donors (Lipinski definition) is 2. The van der Waals surface area contributed by atoms with Gasteiger partial charge in [-0.05, 0) is 38.1 Å². The Morgan fingerprint density at radius 3 is 2.94 bits per heavy atom. The summed E-state index contributed by atoms with van der Waals surface area (Å²) in [6.45, 7) is 5.79. The van der Waals surface area contributed by atoms with Crippen LogP contribution in [0.5, 0.6) is 0 Å². The molecule has 16 heavy (non-hydrogen) atoms. The molecular formula is C12H17N3O. The van der Waals surface area contributed by atoms with Crippen molar-refractivity contribution < 1.29 is 4.79 Å². The summed E-state index contributed by atoms with van der Waals surface area (Å²) in [7, 11) is 0. The summed E-state index contributed by atoms with van der Waals surface area (Å²) in [4.78, 5) is 16.0. The zero-order valence-electron chi connectivity index (χ0n) is 9.66. The highest BCUT2D eigenvalue weighted by Gasteiger charge is 2.28. The molecule has 1 aliphatic heterocycles. The Morgan fingerprint density at radius 1 is 1.62 bits per heavy atom. The van der Waals surface area contributed by atoms with Gasteiger partial charge in [-0.15, -0.1) is 0 Å². The number of hydrogen-bond acceptors (Lipinski definition) is 3. The summed E-state index contributed by atoms with van der Waals surface area (Å²) >= 11 is 0. The molecule has 1 aromatic heterocycles. The summed E-state index contributed by atoms with van der Waals surface area (Å²) in [5.41, 5.74) is 1.74. The first-order chi connectivity index (χ1) is 7.66. The molecule has 4 heteroatoms. The highest BCUT2D eigenvalue weighted by atomic mass is 16.1. The molecule has 2 N–H and O–H groups in total. The molecule has 2 heterocycles. The third-order valence-electron chi connectivity index (χ3n) is 3.10. The van der Waals surface area contributed by atoms with Crippen molar-refractivity contribution in [2.24, 2.45) is 11.8 Å². The largest absolute Gasteiger partial charge is 0.326 e. The van der Waals surface area contributed by atoms with E-state index in [1.54, 1.807) is 6.20 Å². The van der Waals surface area contributed by atoms with Crippen LogP contribution in [-0.2, 0) is 4.79 Å². The molecule has 86 valence electrons. The number of amides is 1. The van der Waals surface area contributed by atoms with Gasteiger partial charge in [-0.25, -0.2) is 0 Å². The molecule has 1 aromatic rings. The number of nitrogens with zero attached hydrogens (tertiary/aromatic N) is 1. The smallest absolute Gasteiger partial charge is 0.227 e. The summed E-state index contributed by atoms with van der Waals surface area (Å²) in [5.74, 6) is 0.634. The molecule has 0 radical (unpaired) electrons. The molecule has 2 rings (SSSR count). The minimum atomic E-state index is 0.0646. The maximum Gasteiger partial charge on any atom is 0.227 e. The van der Waals surface area contributed by atoms with Crippen LogP contribution in [0.1, 0.15) is 12.6 Å². The van der Waals surface area contributed by atoms with Crippen molar-refractivity contribution in [2.75, 3.05) is 18.4 Å². The van der Waals surface area contributed by atoms with Gasteiger partial charge in [-0.2, -0.15) is 0 Å². The zero-order chi connectivity index (χ0) is 11.5. The van der Waals surface area contributed by atoms with Gasteiger partial charge in [0, 0.05) is 23.5 Å². The fraction of sp³-hybridized carbons (Fsp3) is 0.500. The average Bonchev–Trinajstić information content (AvgIpc) is 2.14. The maximum absolute atomic E-state index is 11.9. The van der Waals surface area contributed by atoms with E-state index in [9.17, 15) is 4.79 Å². The van der Waals surface area contributed by atoms with E-state index in [0.717, 1.165) is 24.5 Å². The maximum atomic E-state index is 11.9. The number of nitrogens with one attached hydrogen (secondary N) is 2. The standard InChI is InChI=1S/C12H17N3O/c1-8-5-11(3-4-14-8)15-12(16)9(2)10-6-13-7-10/h3-5,9-10,13H,6-7H2,1-2H3,(H,14,15,16). The van der Waals surface area contributed by atoms with E-state index in [-0.39, 0.29) is 11.8 Å². The summed E-state index contributed by atoms with van der Waals surface area (Å²) in [6.07, 6.45) is 1.71. The molecule has 1 unspecified atom stereocenters. The van der Waals surface area contributed by atoms with Crippen molar-refractivity contribution in [2.45, 2.75) is 13.8 Å². The Hall–Kier alpha value is -1.42. The van der Waals surface area contributed by atoms with Crippen molar-refractivity contribution in [3.63, 3.8) is 0 Å². The number of rotatable bonds is 3. The average molecular weight is 219 g/mol. The lowest BCUT2D eigenvalue weighted by molar-refractivity contribution is -0.121. The molecule has 0 aromatic carbocycles. The van der Waals surface area contributed by atoms with Crippen LogP contribution in [0, 0.1) is 18.8 Å². The monoisotopic (exact) mass is 219 g/mol. The van der Waals surface area contributed by atoms with Crippen molar-refractivity contribution in [1.82, 2.24) is 10.3 Å². The fourth-order valence-electron chi connectivity index (χ4n) is 1.76. The van der Waals surface area contributed by atoms with Gasteiger partial charge >= 0.3 is 0 Å². The molecule has 1 fully saturated rings. The van der Waals surface area contributed by atoms with Crippen LogP contribution in [0.2, 0.25) is 0 Å². The molecule has 1 aliphatic rings. The molecule has 0 saturated carbocycles. The van der Waals surface area contributed by atoms with Crippen LogP contribution in [0.3, 0.4) is 0 Å². The number of anilines is 1. The van der Waals surface area contributed by atoms with E-state index >= 15 is 0 Å². The quantitative estimate of drug-likeness (QED) is 0.802. The Kier molecular flexibility index (Phi) is 3.19. The van der Waals surface area contributed by atoms with Gasteiger partial charge in [0.2, 0.25) is 5.91 Å². The molecule has 0 bridgehead atoms. The van der Waals surface area contributed by atoms with Gasteiger partial charge in [-0.3, -0.25) is 9.78 Å². The first-order valence-electron chi connectivity index (χ1n) is 5.61. The predicted octanol–water partition coefficient (Wildman–Crippen LogP) is 1.18. The van der Waals surface area contributed by atoms with Crippen molar-refractivity contribution in [3.8, 4) is 0 Å². The summed E-state index contributed by atoms with van der Waals surface area (Å²) in [6, 6.07) is 3.69. The second-order valence-electron chi connectivity index (χ2n) is 4.38. The summed E-state index contributed by atoms with van der Waals surface area (Å²) < 4.78 is 0. The van der Waals surface area contributed by atoms with E-state index in [4.69, 9.17) is 0 Å². The summed E-state index contributed by atoms with van der Waals surface area (Å²) in [5, 5.41) is 6.10. The molecule has 4 nitrogen and oxygen atoms in total. The van der Waals surface area contributed by atoms with Gasteiger partial charge in [-0.1, -0.05) is 6.92 Å². The van der Waals surface area contributed by atoms with E-state index in [1.807, 2.05) is 26.0 Å². The number of aryl methyl sites for hydroxylation is 1. The third-order valence-corrected chi connectivity index (χ3v) is 3.10. The molecule has 0 aliphatic carbocycles. The number of aromatic nitrogens is 1. The highest BCUT2D eigenvalue weighted by molar-refractivity contribution is 5.92. The van der Waals surface area contributed by atoms with E-state index in [2.05, 4.69) is 15.6 Å². The SMILES string of the molecule is Cc1cc(NC(=O)C(C)C2CNC2)ccn1. The fourth-order valence-corrected chi connectivity index (χ4v) is 1.76. The molecule has 0 spiro atoms. The molecule has 1 saturated heterocycles. The minimum absolute atomic E-state index is 0.0646. The van der Waals surface area contributed by atoms with Crippen LogP contribution in [0.4, 0.5) is 5.69 Å².